The van der Waals surface area contributed by atoms with E-state index in [-0.39, 0.29) is 11.5 Å². The van der Waals surface area contributed by atoms with Crippen molar-refractivity contribution in [3.63, 3.8) is 0 Å². The highest BCUT2D eigenvalue weighted by atomic mass is 16.5. The summed E-state index contributed by atoms with van der Waals surface area (Å²) in [5.41, 5.74) is 3.21. The van der Waals surface area contributed by atoms with E-state index in [1.54, 1.807) is 7.11 Å². The molecule has 1 aromatic heterocycles. The third kappa shape index (κ3) is 5.10. The smallest absolute Gasteiger partial charge is 0.128 e. The van der Waals surface area contributed by atoms with Gasteiger partial charge in [0.1, 0.15) is 5.75 Å². The zero-order valence-electron chi connectivity index (χ0n) is 13.6. The molecule has 1 heterocycles. The summed E-state index contributed by atoms with van der Waals surface area (Å²) < 4.78 is 5.39. The Morgan fingerprint density at radius 2 is 2.00 bits per heavy atom. The number of ether oxygens (including phenoxy) is 1. The topological polar surface area (TPSA) is 54.4 Å². The van der Waals surface area contributed by atoms with Gasteiger partial charge in [-0.25, -0.2) is 0 Å². The summed E-state index contributed by atoms with van der Waals surface area (Å²) in [6.07, 6.45) is 2.28. The van der Waals surface area contributed by atoms with Crippen LogP contribution in [0.4, 0.5) is 0 Å². The number of rotatable bonds is 6. The molecule has 0 saturated carbocycles. The second kappa shape index (κ2) is 7.04. The van der Waals surface area contributed by atoms with E-state index in [9.17, 15) is 5.11 Å². The Balaban J connectivity index is 2.55. The van der Waals surface area contributed by atoms with Gasteiger partial charge in [-0.15, -0.1) is 0 Å². The predicted octanol–water partition coefficient (Wildman–Crippen LogP) is 2.59. The first-order valence-corrected chi connectivity index (χ1v) is 7.12. The SMILES string of the molecule is COc1c(C)cnc(CNCC(O)CC(C)(C)C)c1C. The molecule has 4 nitrogen and oxygen atoms in total. The second-order valence-electron chi connectivity index (χ2n) is 6.60. The molecule has 4 heteroatoms. The van der Waals surface area contributed by atoms with Gasteiger partial charge in [0, 0.05) is 30.4 Å². The maximum absolute atomic E-state index is 9.97. The Labute approximate surface area is 122 Å². The molecule has 0 aliphatic carbocycles. The minimum atomic E-state index is -0.331. The van der Waals surface area contributed by atoms with Crippen molar-refractivity contribution >= 4 is 0 Å². The first-order valence-electron chi connectivity index (χ1n) is 7.12. The largest absolute Gasteiger partial charge is 0.496 e. The zero-order valence-corrected chi connectivity index (χ0v) is 13.6. The second-order valence-corrected chi connectivity index (χ2v) is 6.60. The van der Waals surface area contributed by atoms with Gasteiger partial charge in [-0.05, 0) is 25.7 Å². The number of hydrogen-bond acceptors (Lipinski definition) is 4. The predicted molar refractivity (Wildman–Crippen MR) is 82.0 cm³/mol. The van der Waals surface area contributed by atoms with Crippen LogP contribution in [-0.2, 0) is 6.54 Å². The minimum absolute atomic E-state index is 0.141. The number of aromatic nitrogens is 1. The molecule has 0 amide bonds. The van der Waals surface area contributed by atoms with E-state index < -0.39 is 0 Å². The molecule has 0 aromatic carbocycles. The lowest BCUT2D eigenvalue weighted by Gasteiger charge is -2.22. The van der Waals surface area contributed by atoms with E-state index in [1.165, 1.54) is 0 Å². The highest BCUT2D eigenvalue weighted by Crippen LogP contribution is 2.24. The van der Waals surface area contributed by atoms with Crippen LogP contribution in [0.1, 0.15) is 44.0 Å². The van der Waals surface area contributed by atoms with Gasteiger partial charge in [0.25, 0.3) is 0 Å². The Bertz CT molecular complexity index is 439. The Hall–Kier alpha value is -1.13. The quantitative estimate of drug-likeness (QED) is 0.841. The molecule has 1 atom stereocenters. The molecule has 2 N–H and O–H groups in total. The zero-order chi connectivity index (χ0) is 15.3. The molecular weight excluding hydrogens is 252 g/mol. The molecule has 20 heavy (non-hydrogen) atoms. The van der Waals surface area contributed by atoms with Crippen molar-refractivity contribution in [2.75, 3.05) is 13.7 Å². The first kappa shape index (κ1) is 16.9. The van der Waals surface area contributed by atoms with Crippen molar-refractivity contribution in [1.29, 1.82) is 0 Å². The fourth-order valence-corrected chi connectivity index (χ4v) is 2.39. The molecule has 1 rings (SSSR count). The molecule has 0 saturated heterocycles. The minimum Gasteiger partial charge on any atom is -0.496 e. The van der Waals surface area contributed by atoms with E-state index in [0.29, 0.717) is 13.1 Å². The van der Waals surface area contributed by atoms with Crippen LogP contribution in [0.15, 0.2) is 6.20 Å². The lowest BCUT2D eigenvalue weighted by Crippen LogP contribution is -2.30. The number of aliphatic hydroxyl groups excluding tert-OH is 1. The molecule has 0 bridgehead atoms. The fourth-order valence-electron chi connectivity index (χ4n) is 2.39. The normalized spacial score (nSPS) is 13.3. The molecule has 0 fully saturated rings. The summed E-state index contributed by atoms with van der Waals surface area (Å²) in [6.45, 7) is 11.6. The average Bonchev–Trinajstić information content (AvgIpc) is 2.30. The highest BCUT2D eigenvalue weighted by molar-refractivity contribution is 5.40. The number of aryl methyl sites for hydroxylation is 1. The number of hydrogen-bond donors (Lipinski definition) is 2. The summed E-state index contributed by atoms with van der Waals surface area (Å²) in [6, 6.07) is 0. The molecule has 114 valence electrons. The van der Waals surface area contributed by atoms with Gasteiger partial charge in [0.15, 0.2) is 0 Å². The van der Waals surface area contributed by atoms with Crippen LogP contribution in [0, 0.1) is 19.3 Å². The van der Waals surface area contributed by atoms with Crippen molar-refractivity contribution in [1.82, 2.24) is 10.3 Å². The number of methoxy groups -OCH3 is 1. The van der Waals surface area contributed by atoms with Gasteiger partial charge in [0.05, 0.1) is 18.9 Å². The monoisotopic (exact) mass is 280 g/mol. The molecule has 0 spiro atoms. The van der Waals surface area contributed by atoms with Crippen molar-refractivity contribution in [2.24, 2.45) is 5.41 Å². The average molecular weight is 280 g/mol. The fraction of sp³-hybridized carbons (Fsp3) is 0.688. The van der Waals surface area contributed by atoms with Crippen LogP contribution in [0.5, 0.6) is 5.75 Å². The van der Waals surface area contributed by atoms with E-state index >= 15 is 0 Å². The van der Waals surface area contributed by atoms with Crippen LogP contribution < -0.4 is 10.1 Å². The molecular formula is C16H28N2O2. The summed E-state index contributed by atoms with van der Waals surface area (Å²) in [4.78, 5) is 4.43. The van der Waals surface area contributed by atoms with Crippen LogP contribution >= 0.6 is 0 Å². The molecule has 1 aromatic rings. The van der Waals surface area contributed by atoms with Crippen LogP contribution in [0.25, 0.3) is 0 Å². The first-order chi connectivity index (χ1) is 9.24. The van der Waals surface area contributed by atoms with Crippen molar-refractivity contribution < 1.29 is 9.84 Å². The number of pyridine rings is 1. The van der Waals surface area contributed by atoms with Gasteiger partial charge in [-0.2, -0.15) is 0 Å². The number of aliphatic hydroxyl groups is 1. The summed E-state index contributed by atoms with van der Waals surface area (Å²) in [5, 5.41) is 13.2. The van der Waals surface area contributed by atoms with Crippen LogP contribution in [-0.4, -0.2) is 29.8 Å². The number of nitrogens with one attached hydrogen (secondary N) is 1. The third-order valence-electron chi connectivity index (χ3n) is 3.27. The maximum Gasteiger partial charge on any atom is 0.128 e. The molecule has 1 unspecified atom stereocenters. The van der Waals surface area contributed by atoms with Gasteiger partial charge in [-0.3, -0.25) is 4.98 Å². The third-order valence-corrected chi connectivity index (χ3v) is 3.27. The van der Waals surface area contributed by atoms with Gasteiger partial charge in [0.2, 0.25) is 0 Å². The lowest BCUT2D eigenvalue weighted by atomic mass is 9.89. The van der Waals surface area contributed by atoms with Crippen molar-refractivity contribution in [3.05, 3.63) is 23.0 Å². The van der Waals surface area contributed by atoms with Crippen LogP contribution in [0.3, 0.4) is 0 Å². The van der Waals surface area contributed by atoms with E-state index in [0.717, 1.165) is 29.0 Å². The van der Waals surface area contributed by atoms with E-state index in [2.05, 4.69) is 31.1 Å². The highest BCUT2D eigenvalue weighted by Gasteiger charge is 2.16. The standard InChI is InChI=1S/C16H28N2O2/c1-11-8-18-14(12(2)15(11)20-6)10-17-9-13(19)7-16(3,4)5/h8,13,17,19H,7,9-10H2,1-6H3. The molecule has 0 aliphatic rings. The number of nitrogens with zero attached hydrogens (tertiary/aromatic N) is 1. The van der Waals surface area contributed by atoms with Gasteiger partial charge in [-0.1, -0.05) is 20.8 Å². The van der Waals surface area contributed by atoms with E-state index in [1.807, 2.05) is 20.0 Å². The van der Waals surface area contributed by atoms with Gasteiger partial charge < -0.3 is 15.2 Å². The van der Waals surface area contributed by atoms with Crippen molar-refractivity contribution in [3.8, 4) is 5.75 Å². The molecule has 0 aliphatic heterocycles. The lowest BCUT2D eigenvalue weighted by molar-refractivity contribution is 0.119. The summed E-state index contributed by atoms with van der Waals surface area (Å²) >= 11 is 0. The molecule has 0 radical (unpaired) electrons. The Morgan fingerprint density at radius 1 is 1.35 bits per heavy atom. The van der Waals surface area contributed by atoms with Gasteiger partial charge >= 0.3 is 0 Å². The van der Waals surface area contributed by atoms with Crippen LogP contribution in [0.2, 0.25) is 0 Å². The Kier molecular flexibility index (Phi) is 5.96. The van der Waals surface area contributed by atoms with E-state index in [4.69, 9.17) is 4.74 Å². The van der Waals surface area contributed by atoms with Crippen molar-refractivity contribution in [2.45, 2.75) is 53.7 Å². The summed E-state index contributed by atoms with van der Waals surface area (Å²) in [5.74, 6) is 0.895. The summed E-state index contributed by atoms with van der Waals surface area (Å²) in [7, 11) is 1.68. The Morgan fingerprint density at radius 3 is 2.55 bits per heavy atom. The maximum atomic E-state index is 9.97.